The number of hydrogen-bond acceptors (Lipinski definition) is 6. The van der Waals surface area contributed by atoms with E-state index >= 15 is 0 Å². The fraction of sp³-hybridized carbons (Fsp3) is 0.364. The van der Waals surface area contributed by atoms with Gasteiger partial charge in [0.2, 0.25) is 5.71 Å². The lowest BCUT2D eigenvalue weighted by Crippen LogP contribution is -2.56. The van der Waals surface area contributed by atoms with Gasteiger partial charge in [-0.25, -0.2) is 14.4 Å². The third-order valence-electron chi connectivity index (χ3n) is 6.20. The first-order valence-electron chi connectivity index (χ1n) is 10.4. The third kappa shape index (κ3) is 3.54. The second-order valence-electron chi connectivity index (χ2n) is 8.30. The lowest BCUT2D eigenvalue weighted by molar-refractivity contribution is -0.151. The Bertz CT molecular complexity index is 1150. The van der Waals surface area contributed by atoms with Crippen LogP contribution in [0.15, 0.2) is 36.9 Å². The molecule has 2 saturated heterocycles. The average molecular weight is 422 g/mol. The number of ether oxygens (including phenoxy) is 1. The van der Waals surface area contributed by atoms with E-state index in [0.717, 1.165) is 44.8 Å². The minimum Gasteiger partial charge on any atom is -0.398 e. The van der Waals surface area contributed by atoms with Crippen molar-refractivity contribution in [2.45, 2.75) is 24.9 Å². The van der Waals surface area contributed by atoms with Crippen molar-refractivity contribution < 1.29 is 14.5 Å². The van der Waals surface area contributed by atoms with Crippen molar-refractivity contribution in [1.29, 1.82) is 0 Å². The first-order chi connectivity index (χ1) is 14.9. The lowest BCUT2D eigenvalue weighted by Gasteiger charge is -2.48. The maximum absolute atomic E-state index is 14.6. The molecular weight excluding hydrogens is 397 g/mol. The molecule has 0 saturated carbocycles. The summed E-state index contributed by atoms with van der Waals surface area (Å²) in [6.07, 6.45) is 8.07. The van der Waals surface area contributed by atoms with E-state index in [9.17, 15) is 4.39 Å². The molecule has 0 radical (unpaired) electrons. The standard InChI is InChI=1S/C22H24FN7O/c1-29-11-14(10-28-29)15-7-16(18(24)8-17(15)23)21(25)19-9-20(27-13-26-19)30-5-2-3-22(12-30)4-6-31-22/h7-11,13,25H,2-6,12,24H2,1H3/p+1. The van der Waals surface area contributed by atoms with Gasteiger partial charge >= 0.3 is 0 Å². The van der Waals surface area contributed by atoms with Gasteiger partial charge in [0.25, 0.3) is 0 Å². The number of hydrogen-bond donors (Lipinski definition) is 2. The highest BCUT2D eigenvalue weighted by atomic mass is 19.1. The molecule has 2 aromatic heterocycles. The molecule has 2 aliphatic heterocycles. The SMILES string of the molecule is Cn1cc(-c2cc(C(=[NH2+])c3cc(N4CCCC5(CCO5)C4)ncn3)c(N)cc2F)cn1. The number of aromatic nitrogens is 4. The van der Waals surface area contributed by atoms with Crippen LogP contribution in [-0.2, 0) is 11.8 Å². The molecule has 1 aromatic carbocycles. The van der Waals surface area contributed by atoms with Gasteiger partial charge < -0.3 is 15.4 Å². The van der Waals surface area contributed by atoms with Gasteiger partial charge in [-0.1, -0.05) is 0 Å². The molecule has 1 unspecified atom stereocenters. The summed E-state index contributed by atoms with van der Waals surface area (Å²) in [7, 11) is 1.78. The summed E-state index contributed by atoms with van der Waals surface area (Å²) in [5.41, 5.74) is 8.82. The number of nitrogens with two attached hydrogens (primary N) is 2. The molecule has 0 amide bonds. The van der Waals surface area contributed by atoms with E-state index in [2.05, 4.69) is 20.0 Å². The third-order valence-corrected chi connectivity index (χ3v) is 6.20. The summed E-state index contributed by atoms with van der Waals surface area (Å²) in [4.78, 5) is 11.0. The summed E-state index contributed by atoms with van der Waals surface area (Å²) in [6.45, 7) is 2.55. The molecule has 8 nitrogen and oxygen atoms in total. The molecule has 0 aliphatic carbocycles. The molecule has 4 heterocycles. The fourth-order valence-electron chi connectivity index (χ4n) is 4.41. The summed E-state index contributed by atoms with van der Waals surface area (Å²) in [5, 5.41) is 10.6. The minimum absolute atomic E-state index is 0.0430. The highest BCUT2D eigenvalue weighted by Gasteiger charge is 2.42. The van der Waals surface area contributed by atoms with Gasteiger partial charge in [-0.3, -0.25) is 10.1 Å². The van der Waals surface area contributed by atoms with E-state index in [4.69, 9.17) is 15.9 Å². The quantitative estimate of drug-likeness (QED) is 0.479. The van der Waals surface area contributed by atoms with Crippen LogP contribution in [0.2, 0.25) is 0 Å². The molecule has 1 atom stereocenters. The van der Waals surface area contributed by atoms with E-state index in [1.165, 1.54) is 12.4 Å². The van der Waals surface area contributed by atoms with Gasteiger partial charge in [-0.2, -0.15) is 5.10 Å². The van der Waals surface area contributed by atoms with Crippen molar-refractivity contribution in [3.05, 3.63) is 54.0 Å². The number of aryl methyl sites for hydroxylation is 1. The number of nitrogen functional groups attached to an aromatic ring is 1. The second kappa shape index (κ2) is 7.42. The van der Waals surface area contributed by atoms with Crippen LogP contribution in [0.25, 0.3) is 11.1 Å². The van der Waals surface area contributed by atoms with Crippen LogP contribution >= 0.6 is 0 Å². The summed E-state index contributed by atoms with van der Waals surface area (Å²) in [5.74, 6) is 0.375. The van der Waals surface area contributed by atoms with Crippen LogP contribution in [0.3, 0.4) is 0 Å². The highest BCUT2D eigenvalue weighted by molar-refractivity contribution is 6.11. The monoisotopic (exact) mass is 422 g/mol. The zero-order valence-corrected chi connectivity index (χ0v) is 17.4. The van der Waals surface area contributed by atoms with Gasteiger partial charge in [-0.15, -0.1) is 0 Å². The summed E-state index contributed by atoms with van der Waals surface area (Å²) < 4.78 is 22.1. The van der Waals surface area contributed by atoms with Crippen molar-refractivity contribution in [3.8, 4) is 11.1 Å². The first kappa shape index (κ1) is 19.6. The second-order valence-corrected chi connectivity index (χ2v) is 8.30. The topological polar surface area (TPSA) is 108 Å². The Labute approximate surface area is 179 Å². The van der Waals surface area contributed by atoms with E-state index in [-0.39, 0.29) is 11.3 Å². The van der Waals surface area contributed by atoms with Crippen molar-refractivity contribution in [1.82, 2.24) is 19.7 Å². The summed E-state index contributed by atoms with van der Waals surface area (Å²) in [6, 6.07) is 4.80. The Kier molecular flexibility index (Phi) is 4.70. The zero-order chi connectivity index (χ0) is 21.6. The normalized spacial score (nSPS) is 20.6. The number of anilines is 2. The predicted molar refractivity (Wildman–Crippen MR) is 115 cm³/mol. The smallest absolute Gasteiger partial charge is 0.232 e. The Hall–Kier alpha value is -3.33. The van der Waals surface area contributed by atoms with Crippen molar-refractivity contribution >= 4 is 17.2 Å². The van der Waals surface area contributed by atoms with Crippen LogP contribution in [0.4, 0.5) is 15.9 Å². The van der Waals surface area contributed by atoms with Crippen LogP contribution < -0.4 is 16.0 Å². The maximum atomic E-state index is 14.6. The number of halogens is 1. The van der Waals surface area contributed by atoms with E-state index in [1.54, 1.807) is 30.2 Å². The first-order valence-corrected chi connectivity index (χ1v) is 10.4. The van der Waals surface area contributed by atoms with Gasteiger partial charge in [0.1, 0.15) is 23.7 Å². The number of piperidine rings is 1. The molecule has 0 bridgehead atoms. The van der Waals surface area contributed by atoms with E-state index in [0.29, 0.717) is 28.1 Å². The molecule has 9 heteroatoms. The van der Waals surface area contributed by atoms with E-state index < -0.39 is 5.82 Å². The van der Waals surface area contributed by atoms with Crippen molar-refractivity contribution in [3.63, 3.8) is 0 Å². The van der Waals surface area contributed by atoms with Crippen molar-refractivity contribution in [2.75, 3.05) is 30.3 Å². The molecule has 2 aliphatic rings. The fourth-order valence-corrected chi connectivity index (χ4v) is 4.41. The predicted octanol–water partition coefficient (Wildman–Crippen LogP) is 0.954. The Morgan fingerprint density at radius 3 is 2.81 bits per heavy atom. The molecule has 2 fully saturated rings. The van der Waals surface area contributed by atoms with Gasteiger partial charge in [-0.05, 0) is 25.0 Å². The highest BCUT2D eigenvalue weighted by Crippen LogP contribution is 2.36. The molecule has 1 spiro atoms. The molecule has 3 aromatic rings. The van der Waals surface area contributed by atoms with Gasteiger partial charge in [0, 0.05) is 55.6 Å². The molecule has 31 heavy (non-hydrogen) atoms. The lowest BCUT2D eigenvalue weighted by atomic mass is 9.86. The molecule has 160 valence electrons. The number of nitrogens with zero attached hydrogens (tertiary/aromatic N) is 5. The molecule has 5 rings (SSSR count). The van der Waals surface area contributed by atoms with E-state index in [1.807, 2.05) is 6.07 Å². The largest absolute Gasteiger partial charge is 0.398 e. The minimum atomic E-state index is -0.426. The zero-order valence-electron chi connectivity index (χ0n) is 17.4. The van der Waals surface area contributed by atoms with Crippen LogP contribution in [-0.4, -0.2) is 50.8 Å². The number of rotatable bonds is 4. The maximum Gasteiger partial charge on any atom is 0.232 e. The Morgan fingerprint density at radius 2 is 2.10 bits per heavy atom. The molecular formula is C22H25FN7O+. The van der Waals surface area contributed by atoms with Crippen molar-refractivity contribution in [2.24, 2.45) is 7.05 Å². The Balaban J connectivity index is 1.46. The van der Waals surface area contributed by atoms with Crippen LogP contribution in [0, 0.1) is 5.82 Å². The van der Waals surface area contributed by atoms with Crippen LogP contribution in [0.5, 0.6) is 0 Å². The Morgan fingerprint density at radius 1 is 1.26 bits per heavy atom. The summed E-state index contributed by atoms with van der Waals surface area (Å²) >= 11 is 0. The average Bonchev–Trinajstić information content (AvgIpc) is 3.18. The molecule has 4 N–H and O–H groups in total. The van der Waals surface area contributed by atoms with Crippen LogP contribution in [0.1, 0.15) is 30.5 Å². The van der Waals surface area contributed by atoms with Gasteiger partial charge in [0.15, 0.2) is 0 Å². The van der Waals surface area contributed by atoms with Gasteiger partial charge in [0.05, 0.1) is 24.0 Å². The number of benzene rings is 1.